The van der Waals surface area contributed by atoms with Crippen molar-refractivity contribution < 1.29 is 15.3 Å². The highest BCUT2D eigenvalue weighted by atomic mass is 79.9. The van der Waals surface area contributed by atoms with E-state index in [1.807, 2.05) is 0 Å². The van der Waals surface area contributed by atoms with Crippen molar-refractivity contribution in [2.45, 2.75) is 11.7 Å². The van der Waals surface area contributed by atoms with Gasteiger partial charge in [0.05, 0.1) is 10.6 Å². The molecule has 0 aliphatic carbocycles. The lowest BCUT2D eigenvalue weighted by molar-refractivity contribution is 0.597. The zero-order valence-corrected chi connectivity index (χ0v) is 8.31. The summed E-state index contributed by atoms with van der Waals surface area (Å²) in [5.74, 6) is 0. The first-order chi connectivity index (χ1) is 7.50. The summed E-state index contributed by atoms with van der Waals surface area (Å²) in [6.07, 6.45) is 0. The smallest absolute Gasteiger partial charge is 0.178 e. The Kier molecular flexibility index (Phi) is 1.42. The predicted octanol–water partition coefficient (Wildman–Crippen LogP) is 2.24. The summed E-state index contributed by atoms with van der Waals surface area (Å²) in [7, 11) is -4.56. The second kappa shape index (κ2) is 3.58. The van der Waals surface area contributed by atoms with Crippen molar-refractivity contribution in [3.05, 3.63) is 28.7 Å². The Morgan fingerprint density at radius 1 is 1.50 bits per heavy atom. The number of hydrogen-bond acceptors (Lipinski definition) is 2. The van der Waals surface area contributed by atoms with Crippen LogP contribution in [0.1, 0.15) is 13.7 Å². The van der Waals surface area contributed by atoms with E-state index in [1.54, 1.807) is 0 Å². The first kappa shape index (κ1) is 4.77. The molecule has 0 bridgehead atoms. The maximum absolute atomic E-state index is 11.9. The van der Waals surface area contributed by atoms with Gasteiger partial charge in [0.25, 0.3) is 0 Å². The van der Waals surface area contributed by atoms with E-state index in [1.165, 1.54) is 12.1 Å². The van der Waals surface area contributed by atoms with Crippen LogP contribution in [0, 0.1) is 0 Å². The third-order valence-electron chi connectivity index (χ3n) is 1.26. The summed E-state index contributed by atoms with van der Waals surface area (Å²) < 4.78 is 59.7. The molecule has 0 saturated heterocycles. The van der Waals surface area contributed by atoms with Crippen molar-refractivity contribution >= 4 is 25.8 Å². The second-order valence-corrected chi connectivity index (χ2v) is 4.66. The molecule has 0 fully saturated rings. The molecule has 0 aliphatic rings. The molecule has 0 atom stereocenters. The molecule has 1 aromatic carbocycles. The first-order valence-electron chi connectivity index (χ1n) is 5.50. The molecule has 0 aromatic heterocycles. The molecule has 1 aromatic rings. The van der Waals surface area contributed by atoms with Crippen LogP contribution in [0.3, 0.4) is 0 Å². The van der Waals surface area contributed by atoms with E-state index >= 15 is 0 Å². The quantitative estimate of drug-likeness (QED) is 0.811. The van der Waals surface area contributed by atoms with Gasteiger partial charge in [0.2, 0.25) is 0 Å². The van der Waals surface area contributed by atoms with E-state index in [9.17, 15) is 8.42 Å². The van der Waals surface area contributed by atoms with Crippen molar-refractivity contribution in [3.63, 3.8) is 0 Å². The second-order valence-electron chi connectivity index (χ2n) is 2.06. The fourth-order valence-electron chi connectivity index (χ4n) is 0.673. The maximum Gasteiger partial charge on any atom is 0.178 e. The summed E-state index contributed by atoms with van der Waals surface area (Å²) in [6, 6.07) is 5.12. The fourth-order valence-corrected chi connectivity index (χ4v) is 1.55. The van der Waals surface area contributed by atoms with E-state index in [4.69, 9.17) is 6.85 Å². The lowest BCUT2D eigenvalue weighted by atomic mass is 10.4. The topological polar surface area (TPSA) is 34.1 Å². The zero-order chi connectivity index (χ0) is 13.5. The lowest BCUT2D eigenvalue weighted by Gasteiger charge is -1.99. The van der Waals surface area contributed by atoms with E-state index in [-0.39, 0.29) is 4.90 Å². The molecule has 4 heteroatoms. The molecular formula is C8H9BrO2S. The van der Waals surface area contributed by atoms with Crippen LogP contribution in [0.2, 0.25) is 0 Å². The Labute approximate surface area is 87.7 Å². The third kappa shape index (κ3) is 2.08. The predicted molar refractivity (Wildman–Crippen MR) is 51.9 cm³/mol. The summed E-state index contributed by atoms with van der Waals surface area (Å²) in [6.45, 7) is -3.24. The highest BCUT2D eigenvalue weighted by Crippen LogP contribution is 2.15. The molecule has 0 radical (unpaired) electrons. The van der Waals surface area contributed by atoms with Gasteiger partial charge >= 0.3 is 0 Å². The number of rotatable bonds is 2. The average Bonchev–Trinajstić information content (AvgIpc) is 2.16. The number of benzene rings is 1. The van der Waals surface area contributed by atoms with Crippen LogP contribution in [0.5, 0.6) is 0 Å². The fraction of sp³-hybridized carbons (Fsp3) is 0.250. The molecule has 0 saturated carbocycles. The average molecular weight is 254 g/mol. The molecule has 0 aliphatic heterocycles. The minimum atomic E-state index is -4.56. The molecule has 12 heavy (non-hydrogen) atoms. The molecule has 0 heterocycles. The number of halogens is 1. The maximum atomic E-state index is 11.9. The molecule has 2 nitrogen and oxygen atoms in total. The van der Waals surface area contributed by atoms with Crippen molar-refractivity contribution in [3.8, 4) is 0 Å². The molecule has 0 N–H and O–H groups in total. The summed E-state index contributed by atoms with van der Waals surface area (Å²) in [4.78, 5) is -0.359. The van der Waals surface area contributed by atoms with Crippen molar-refractivity contribution in [1.82, 2.24) is 0 Å². The molecular weight excluding hydrogens is 240 g/mol. The third-order valence-corrected chi connectivity index (χ3v) is 2.95. The first-order valence-corrected chi connectivity index (χ1v) is 5.28. The molecule has 0 unspecified atom stereocenters. The Morgan fingerprint density at radius 2 is 2.08 bits per heavy atom. The van der Waals surface area contributed by atoms with Gasteiger partial charge in [-0.15, -0.1) is 0 Å². The molecule has 0 spiro atoms. The monoisotopic (exact) mass is 253 g/mol. The van der Waals surface area contributed by atoms with Crippen LogP contribution >= 0.6 is 15.9 Å². The van der Waals surface area contributed by atoms with Crippen LogP contribution < -0.4 is 0 Å². The molecule has 0 amide bonds. The summed E-state index contributed by atoms with van der Waals surface area (Å²) in [5.41, 5.74) is -3.31. The van der Waals surface area contributed by atoms with Crippen molar-refractivity contribution in [2.24, 2.45) is 0 Å². The van der Waals surface area contributed by atoms with E-state index < -0.39 is 22.4 Å². The van der Waals surface area contributed by atoms with Gasteiger partial charge in [-0.1, -0.05) is 22.8 Å². The number of sulfone groups is 1. The Hall–Kier alpha value is -0.350. The van der Waals surface area contributed by atoms with Crippen LogP contribution in [0.15, 0.2) is 33.6 Å². The zero-order valence-electron chi connectivity index (χ0n) is 10.9. The SMILES string of the molecule is [2H]C([2H])([2H])C([2H])([2H])S(=O)(=O)c1ccc(Br)cc1. The normalized spacial score (nSPS) is 19.9. The molecule has 66 valence electrons. The minimum Gasteiger partial charge on any atom is -0.224 e. The van der Waals surface area contributed by atoms with Crippen LogP contribution in [-0.2, 0) is 9.84 Å². The van der Waals surface area contributed by atoms with Gasteiger partial charge in [-0.25, -0.2) is 8.42 Å². The van der Waals surface area contributed by atoms with Gasteiger partial charge in [0.1, 0.15) is 0 Å². The lowest BCUT2D eigenvalue weighted by Crippen LogP contribution is -2.02. The Morgan fingerprint density at radius 3 is 2.58 bits per heavy atom. The van der Waals surface area contributed by atoms with Gasteiger partial charge in [-0.3, -0.25) is 0 Å². The highest BCUT2D eigenvalue weighted by Gasteiger charge is 2.09. The highest BCUT2D eigenvalue weighted by molar-refractivity contribution is 9.10. The van der Waals surface area contributed by atoms with Crippen molar-refractivity contribution in [2.75, 3.05) is 5.70 Å². The summed E-state index contributed by atoms with van der Waals surface area (Å²) in [5, 5.41) is 0. The van der Waals surface area contributed by atoms with Gasteiger partial charge in [0.15, 0.2) is 9.84 Å². The van der Waals surface area contributed by atoms with Crippen LogP contribution in [-0.4, -0.2) is 14.1 Å². The van der Waals surface area contributed by atoms with E-state index in [2.05, 4.69) is 15.9 Å². The summed E-state index contributed by atoms with van der Waals surface area (Å²) >= 11 is 3.10. The van der Waals surface area contributed by atoms with Crippen LogP contribution in [0.4, 0.5) is 0 Å². The van der Waals surface area contributed by atoms with Crippen LogP contribution in [0.25, 0.3) is 0 Å². The Balaban J connectivity index is 3.35. The Bertz CT molecular complexity index is 506. The van der Waals surface area contributed by atoms with Crippen molar-refractivity contribution in [1.29, 1.82) is 0 Å². The minimum absolute atomic E-state index is 0.359. The van der Waals surface area contributed by atoms with E-state index in [0.717, 1.165) is 12.1 Å². The van der Waals surface area contributed by atoms with Gasteiger partial charge in [-0.2, -0.15) is 0 Å². The van der Waals surface area contributed by atoms with Gasteiger partial charge < -0.3 is 0 Å². The largest absolute Gasteiger partial charge is 0.224 e. The molecule has 1 rings (SSSR count). The van der Waals surface area contributed by atoms with E-state index in [0.29, 0.717) is 4.47 Å². The number of hydrogen-bond donors (Lipinski definition) is 0. The van der Waals surface area contributed by atoms with Gasteiger partial charge in [0, 0.05) is 11.3 Å². The van der Waals surface area contributed by atoms with Gasteiger partial charge in [-0.05, 0) is 24.3 Å². The standard InChI is InChI=1S/C8H9BrO2S/c1-2-12(10,11)8-5-3-7(9)4-6-8/h3-6H,2H2,1H3/i1D3,2D2.